The second kappa shape index (κ2) is 6.93. The molecular formula is C9H12Cl3NO4. The largest absolute Gasteiger partial charge is 0.462 e. The van der Waals surface area contributed by atoms with Crippen molar-refractivity contribution >= 4 is 46.7 Å². The highest BCUT2D eigenvalue weighted by atomic mass is 35.6. The summed E-state index contributed by atoms with van der Waals surface area (Å²) in [5.74, 6) is -1.98. The van der Waals surface area contributed by atoms with E-state index in [0.29, 0.717) is 0 Å². The number of allylic oxidation sites excluding steroid dienone is 1. The summed E-state index contributed by atoms with van der Waals surface area (Å²) in [7, 11) is 0. The standard InChI is InChI=1S/C9H12Cl3NO4/c1-3-16-7(14)5(8(15)17-4-2)6(13)9(10,11)12/h3-4,13H2,1-2H3. The molecule has 5 nitrogen and oxygen atoms in total. The van der Waals surface area contributed by atoms with Crippen LogP contribution in [-0.2, 0) is 19.1 Å². The number of nitrogens with two attached hydrogens (primary N) is 1. The Morgan fingerprint density at radius 3 is 1.65 bits per heavy atom. The predicted octanol–water partition coefficient (Wildman–Crippen LogP) is 1.70. The van der Waals surface area contributed by atoms with E-state index in [-0.39, 0.29) is 13.2 Å². The fraction of sp³-hybridized carbons (Fsp3) is 0.556. The van der Waals surface area contributed by atoms with Crippen LogP contribution in [-0.4, -0.2) is 28.9 Å². The molecule has 0 aromatic carbocycles. The Labute approximate surface area is 114 Å². The lowest BCUT2D eigenvalue weighted by atomic mass is 10.2. The topological polar surface area (TPSA) is 78.6 Å². The zero-order chi connectivity index (χ0) is 13.6. The summed E-state index contributed by atoms with van der Waals surface area (Å²) < 4.78 is 7.18. The van der Waals surface area contributed by atoms with Crippen molar-refractivity contribution in [2.24, 2.45) is 5.73 Å². The van der Waals surface area contributed by atoms with Gasteiger partial charge in [-0.2, -0.15) is 0 Å². The lowest BCUT2D eigenvalue weighted by Gasteiger charge is -2.15. The number of ether oxygens (including phenoxy) is 2. The predicted molar refractivity (Wildman–Crippen MR) is 64.8 cm³/mol. The van der Waals surface area contributed by atoms with Crippen molar-refractivity contribution in [1.82, 2.24) is 0 Å². The summed E-state index contributed by atoms with van der Waals surface area (Å²) in [6, 6.07) is 0. The van der Waals surface area contributed by atoms with Crippen LogP contribution in [0.3, 0.4) is 0 Å². The summed E-state index contributed by atoms with van der Waals surface area (Å²) in [6.45, 7) is 3.22. The van der Waals surface area contributed by atoms with Crippen LogP contribution in [0.1, 0.15) is 13.8 Å². The maximum Gasteiger partial charge on any atom is 0.347 e. The van der Waals surface area contributed by atoms with Crippen molar-refractivity contribution in [3.63, 3.8) is 0 Å². The molecule has 17 heavy (non-hydrogen) atoms. The molecule has 0 spiro atoms. The fourth-order valence-corrected chi connectivity index (χ4v) is 1.13. The quantitative estimate of drug-likeness (QED) is 0.281. The highest BCUT2D eigenvalue weighted by Gasteiger charge is 2.34. The first-order chi connectivity index (χ1) is 7.75. The molecule has 8 heteroatoms. The Hall–Kier alpha value is -0.650. The molecule has 0 fully saturated rings. The molecule has 0 amide bonds. The molecule has 0 rings (SSSR count). The highest BCUT2D eigenvalue weighted by Crippen LogP contribution is 2.33. The third-order valence-electron chi connectivity index (χ3n) is 1.53. The van der Waals surface area contributed by atoms with Gasteiger partial charge >= 0.3 is 11.9 Å². The van der Waals surface area contributed by atoms with Gasteiger partial charge in [0, 0.05) is 0 Å². The average molecular weight is 305 g/mol. The summed E-state index contributed by atoms with van der Waals surface area (Å²) in [4.78, 5) is 23.0. The molecule has 0 aliphatic heterocycles. The van der Waals surface area contributed by atoms with Gasteiger partial charge in [-0.05, 0) is 13.8 Å². The second-order valence-electron chi connectivity index (χ2n) is 2.73. The molecule has 0 aliphatic carbocycles. The van der Waals surface area contributed by atoms with Gasteiger partial charge in [-0.3, -0.25) is 0 Å². The maximum atomic E-state index is 11.5. The first kappa shape index (κ1) is 16.4. The van der Waals surface area contributed by atoms with E-state index in [9.17, 15) is 9.59 Å². The van der Waals surface area contributed by atoms with Crippen LogP contribution in [0.5, 0.6) is 0 Å². The van der Waals surface area contributed by atoms with E-state index in [1.54, 1.807) is 13.8 Å². The lowest BCUT2D eigenvalue weighted by molar-refractivity contribution is -0.146. The Balaban J connectivity index is 5.39. The van der Waals surface area contributed by atoms with Crippen LogP contribution in [0.4, 0.5) is 0 Å². The number of rotatable bonds is 4. The molecule has 0 aliphatic rings. The first-order valence-electron chi connectivity index (χ1n) is 4.66. The van der Waals surface area contributed by atoms with Gasteiger partial charge in [-0.25, -0.2) is 9.59 Å². The number of alkyl halides is 3. The van der Waals surface area contributed by atoms with Crippen LogP contribution in [0.25, 0.3) is 0 Å². The van der Waals surface area contributed by atoms with E-state index < -0.39 is 27.0 Å². The van der Waals surface area contributed by atoms with Gasteiger partial charge in [0.1, 0.15) is 0 Å². The van der Waals surface area contributed by atoms with Crippen LogP contribution in [0.2, 0.25) is 0 Å². The number of hydrogen-bond donors (Lipinski definition) is 1. The smallest absolute Gasteiger partial charge is 0.347 e. The van der Waals surface area contributed by atoms with Crippen molar-refractivity contribution in [3.8, 4) is 0 Å². The van der Waals surface area contributed by atoms with Gasteiger partial charge in [0.05, 0.1) is 18.9 Å². The van der Waals surface area contributed by atoms with Gasteiger partial charge in [-0.1, -0.05) is 34.8 Å². The summed E-state index contributed by atoms with van der Waals surface area (Å²) in [5, 5.41) is 0. The maximum absolute atomic E-state index is 11.5. The van der Waals surface area contributed by atoms with Crippen LogP contribution in [0.15, 0.2) is 11.3 Å². The molecule has 0 unspecified atom stereocenters. The lowest BCUT2D eigenvalue weighted by Crippen LogP contribution is -2.28. The third kappa shape index (κ3) is 5.02. The normalized spacial score (nSPS) is 10.6. The SMILES string of the molecule is CCOC(=O)C(C(=O)OCC)=C(N)C(Cl)(Cl)Cl. The molecule has 2 N–H and O–H groups in total. The Morgan fingerprint density at radius 2 is 1.41 bits per heavy atom. The van der Waals surface area contributed by atoms with Gasteiger partial charge in [-0.15, -0.1) is 0 Å². The van der Waals surface area contributed by atoms with Gasteiger partial charge in [0.2, 0.25) is 3.79 Å². The van der Waals surface area contributed by atoms with Crippen molar-refractivity contribution in [2.45, 2.75) is 17.6 Å². The monoisotopic (exact) mass is 303 g/mol. The first-order valence-corrected chi connectivity index (χ1v) is 5.80. The molecule has 0 heterocycles. The molecule has 0 aromatic rings. The fourth-order valence-electron chi connectivity index (χ4n) is 0.852. The van der Waals surface area contributed by atoms with E-state index in [1.165, 1.54) is 0 Å². The minimum absolute atomic E-state index is 0.0505. The number of hydrogen-bond acceptors (Lipinski definition) is 5. The zero-order valence-corrected chi connectivity index (χ0v) is 11.5. The number of esters is 2. The van der Waals surface area contributed by atoms with E-state index in [0.717, 1.165) is 0 Å². The summed E-state index contributed by atoms with van der Waals surface area (Å²) >= 11 is 16.5. The minimum Gasteiger partial charge on any atom is -0.462 e. The molecule has 0 radical (unpaired) electrons. The van der Waals surface area contributed by atoms with Crippen LogP contribution in [0, 0.1) is 0 Å². The Bertz CT molecular complexity index is 316. The van der Waals surface area contributed by atoms with Crippen LogP contribution >= 0.6 is 34.8 Å². The number of carbonyl (C=O) groups is 2. The summed E-state index contributed by atoms with van der Waals surface area (Å²) in [6.07, 6.45) is 0. The highest BCUT2D eigenvalue weighted by molar-refractivity contribution is 6.69. The van der Waals surface area contributed by atoms with Crippen molar-refractivity contribution in [3.05, 3.63) is 11.3 Å². The molecular weight excluding hydrogens is 292 g/mol. The Morgan fingerprint density at radius 1 is 1.06 bits per heavy atom. The Kier molecular flexibility index (Phi) is 6.67. The van der Waals surface area contributed by atoms with E-state index in [1.807, 2.05) is 0 Å². The van der Waals surface area contributed by atoms with E-state index in [2.05, 4.69) is 9.47 Å². The minimum atomic E-state index is -2.09. The second-order valence-corrected chi connectivity index (χ2v) is 5.01. The van der Waals surface area contributed by atoms with E-state index >= 15 is 0 Å². The molecule has 0 aromatic heterocycles. The average Bonchev–Trinajstić information content (AvgIpc) is 2.17. The molecule has 0 bridgehead atoms. The van der Waals surface area contributed by atoms with Gasteiger partial charge in [0.25, 0.3) is 0 Å². The van der Waals surface area contributed by atoms with Crippen molar-refractivity contribution in [1.29, 1.82) is 0 Å². The molecule has 0 saturated heterocycles. The molecule has 0 saturated carbocycles. The zero-order valence-electron chi connectivity index (χ0n) is 9.26. The van der Waals surface area contributed by atoms with E-state index in [4.69, 9.17) is 40.5 Å². The molecule has 0 atom stereocenters. The third-order valence-corrected chi connectivity index (χ3v) is 2.14. The van der Waals surface area contributed by atoms with Gasteiger partial charge < -0.3 is 15.2 Å². The number of carbonyl (C=O) groups excluding carboxylic acids is 2. The van der Waals surface area contributed by atoms with Crippen molar-refractivity contribution < 1.29 is 19.1 Å². The number of halogens is 3. The summed E-state index contributed by atoms with van der Waals surface area (Å²) in [5.41, 5.74) is 4.31. The molecule has 98 valence electrons. The van der Waals surface area contributed by atoms with Crippen LogP contribution < -0.4 is 5.73 Å². The van der Waals surface area contributed by atoms with Crippen molar-refractivity contribution in [2.75, 3.05) is 13.2 Å². The van der Waals surface area contributed by atoms with Gasteiger partial charge in [0.15, 0.2) is 5.57 Å².